The second-order valence-electron chi connectivity index (χ2n) is 14.8. The summed E-state index contributed by atoms with van der Waals surface area (Å²) in [6.45, 7) is 16.2. The molecule has 0 amide bonds. The molecule has 1 spiro atoms. The lowest BCUT2D eigenvalue weighted by Crippen LogP contribution is -2.74. The number of aliphatic hydroxyl groups is 2. The summed E-state index contributed by atoms with van der Waals surface area (Å²) in [5, 5.41) is 23.0. The third-order valence-electron chi connectivity index (χ3n) is 13.9. The van der Waals surface area contributed by atoms with Crippen LogP contribution < -0.4 is 0 Å². The summed E-state index contributed by atoms with van der Waals surface area (Å²) >= 11 is 0. The normalized spacial score (nSPS) is 61.6. The van der Waals surface area contributed by atoms with Crippen LogP contribution in [0.5, 0.6) is 0 Å². The van der Waals surface area contributed by atoms with Gasteiger partial charge in [0.1, 0.15) is 5.60 Å². The highest BCUT2D eigenvalue weighted by atomic mass is 16.6. The van der Waals surface area contributed by atoms with Gasteiger partial charge in [0.25, 0.3) is 0 Å². The first-order chi connectivity index (χ1) is 15.7. The highest BCUT2D eigenvalue weighted by molar-refractivity contribution is 5.82. The number of esters is 1. The summed E-state index contributed by atoms with van der Waals surface area (Å²) in [4.78, 5) is 13.7. The molecular weight excluding hydrogens is 424 g/mol. The van der Waals surface area contributed by atoms with Crippen LogP contribution in [0.1, 0.15) is 93.4 Å². The van der Waals surface area contributed by atoms with Gasteiger partial charge in [0.05, 0.1) is 17.6 Å². The maximum atomic E-state index is 13.7. The largest absolute Gasteiger partial charge is 0.453 e. The molecule has 12 atom stereocenters. The molecule has 2 N–H and O–H groups in total. The van der Waals surface area contributed by atoms with E-state index in [1.807, 2.05) is 0 Å². The first kappa shape index (κ1) is 23.5. The van der Waals surface area contributed by atoms with Gasteiger partial charge in [0.15, 0.2) is 0 Å². The van der Waals surface area contributed by atoms with E-state index in [9.17, 15) is 15.0 Å². The third kappa shape index (κ3) is 2.21. The van der Waals surface area contributed by atoms with Crippen molar-refractivity contribution in [2.45, 2.75) is 111 Å². The quantitative estimate of drug-likeness (QED) is 0.362. The number of allylic oxidation sites excluding steroid dienone is 1. The minimum absolute atomic E-state index is 0.000448. The Morgan fingerprint density at radius 3 is 2.35 bits per heavy atom. The van der Waals surface area contributed by atoms with Crippen LogP contribution in [0.25, 0.3) is 0 Å². The van der Waals surface area contributed by atoms with Gasteiger partial charge >= 0.3 is 5.97 Å². The van der Waals surface area contributed by atoms with E-state index in [4.69, 9.17) is 4.74 Å². The lowest BCUT2D eigenvalue weighted by molar-refractivity contribution is -0.278. The zero-order valence-electron chi connectivity index (χ0n) is 22.4. The van der Waals surface area contributed by atoms with Crippen molar-refractivity contribution in [2.75, 3.05) is 0 Å². The molecule has 0 aromatic carbocycles. The fourth-order valence-electron chi connectivity index (χ4n) is 11.4. The average Bonchev–Trinajstić information content (AvgIpc) is 2.97. The predicted molar refractivity (Wildman–Crippen MR) is 132 cm³/mol. The lowest BCUT2D eigenvalue weighted by atomic mass is 9.31. The first-order valence-corrected chi connectivity index (χ1v) is 14.0. The number of carbonyl (C=O) groups is 1. The van der Waals surface area contributed by atoms with Gasteiger partial charge in [-0.05, 0) is 85.5 Å². The highest BCUT2D eigenvalue weighted by Crippen LogP contribution is 2.79. The molecule has 5 aliphatic carbocycles. The van der Waals surface area contributed by atoms with Gasteiger partial charge in [-0.25, -0.2) is 0 Å². The fourth-order valence-corrected chi connectivity index (χ4v) is 11.4. The van der Waals surface area contributed by atoms with E-state index in [1.54, 1.807) is 0 Å². The molecule has 2 bridgehead atoms. The Bertz CT molecular complexity index is 955. The Labute approximate surface area is 205 Å². The molecule has 0 unspecified atom stereocenters. The number of hydrogen-bond acceptors (Lipinski definition) is 4. The van der Waals surface area contributed by atoms with Crippen LogP contribution in [0.2, 0.25) is 0 Å². The zero-order valence-corrected chi connectivity index (χ0v) is 22.4. The van der Waals surface area contributed by atoms with Gasteiger partial charge in [0.2, 0.25) is 0 Å². The van der Waals surface area contributed by atoms with E-state index in [0.717, 1.165) is 38.5 Å². The third-order valence-corrected chi connectivity index (χ3v) is 13.9. The number of carbonyl (C=O) groups excluding carboxylic acids is 1. The Morgan fingerprint density at radius 2 is 1.65 bits per heavy atom. The van der Waals surface area contributed by atoms with Gasteiger partial charge < -0.3 is 14.9 Å². The molecule has 1 saturated heterocycles. The smallest absolute Gasteiger partial charge is 0.313 e. The number of ether oxygens (including phenoxy) is 1. The molecule has 6 rings (SSSR count). The van der Waals surface area contributed by atoms with Crippen molar-refractivity contribution in [1.82, 2.24) is 0 Å². The van der Waals surface area contributed by atoms with Crippen LogP contribution in [0.4, 0.5) is 0 Å². The second-order valence-corrected chi connectivity index (χ2v) is 14.8. The molecule has 4 saturated carbocycles. The minimum Gasteiger partial charge on any atom is -0.453 e. The molecule has 0 radical (unpaired) electrons. The number of rotatable bonds is 0. The van der Waals surface area contributed by atoms with E-state index in [2.05, 4.69) is 60.6 Å². The van der Waals surface area contributed by atoms with Crippen molar-refractivity contribution in [3.05, 3.63) is 12.2 Å². The van der Waals surface area contributed by atoms with Crippen molar-refractivity contribution < 1.29 is 19.7 Å². The van der Waals surface area contributed by atoms with Crippen LogP contribution in [0, 0.1) is 56.7 Å². The standard InChI is InChI=1S/C30H46O4/c1-17-8-12-29-15-14-27(6)28(7)19(9-13-30(27,34-24(29)33)23(29)18(17)2)26(5)11-10-21(31)25(3,4)20(26)16-22(28)32/h9,13,17-23,31-32H,8,10-12,14-16H2,1-7H3/t17-,18+,19-,20+,21+,22+,23-,26-,27+,28+,29+,30+/m1/s1. The number of fused-ring (bicyclic) bond motifs is 4. The lowest BCUT2D eigenvalue weighted by Gasteiger charge is -2.73. The molecule has 0 aromatic heterocycles. The maximum absolute atomic E-state index is 13.7. The molecule has 34 heavy (non-hydrogen) atoms. The van der Waals surface area contributed by atoms with E-state index >= 15 is 0 Å². The van der Waals surface area contributed by atoms with Crippen LogP contribution in [-0.2, 0) is 9.53 Å². The number of aliphatic hydroxyl groups excluding tert-OH is 2. The van der Waals surface area contributed by atoms with Crippen molar-refractivity contribution in [3.8, 4) is 0 Å². The molecule has 6 aliphatic rings. The van der Waals surface area contributed by atoms with Crippen molar-refractivity contribution in [1.29, 1.82) is 0 Å². The van der Waals surface area contributed by atoms with Gasteiger partial charge in [-0.1, -0.05) is 54.5 Å². The topological polar surface area (TPSA) is 66.8 Å². The van der Waals surface area contributed by atoms with E-state index in [-0.39, 0.29) is 56.9 Å². The van der Waals surface area contributed by atoms with E-state index in [0.29, 0.717) is 18.3 Å². The molecule has 4 nitrogen and oxygen atoms in total. The average molecular weight is 471 g/mol. The SMILES string of the molecule is C[C@H]1[C@H](C)CC[C@@]23CC[C@@]4(C)[C@@]5(C)[C@H](C=C[C@]4(OC2=O)[C@H]13)[C@@]1(C)CC[C@H](O)C(C)(C)[C@@H]1C[C@@H]5O. The Hall–Kier alpha value is -0.870. The van der Waals surface area contributed by atoms with Gasteiger partial charge in [-0.3, -0.25) is 4.79 Å². The maximum Gasteiger partial charge on any atom is 0.313 e. The van der Waals surface area contributed by atoms with Crippen molar-refractivity contribution >= 4 is 5.97 Å². The van der Waals surface area contributed by atoms with E-state index < -0.39 is 11.7 Å². The van der Waals surface area contributed by atoms with Crippen LogP contribution in [0.15, 0.2) is 12.2 Å². The Balaban J connectivity index is 1.55. The number of hydrogen-bond donors (Lipinski definition) is 2. The molecule has 0 aromatic rings. The summed E-state index contributed by atoms with van der Waals surface area (Å²) in [5.74, 6) is 1.65. The van der Waals surface area contributed by atoms with Crippen LogP contribution in [-0.4, -0.2) is 34.0 Å². The Kier molecular flexibility index (Phi) is 4.51. The fraction of sp³-hybridized carbons (Fsp3) is 0.900. The van der Waals surface area contributed by atoms with Crippen LogP contribution in [0.3, 0.4) is 0 Å². The highest BCUT2D eigenvalue weighted by Gasteiger charge is 2.81. The van der Waals surface area contributed by atoms with E-state index in [1.165, 1.54) is 0 Å². The molecule has 1 aliphatic heterocycles. The zero-order chi connectivity index (χ0) is 24.7. The predicted octanol–water partition coefficient (Wildman–Crippen LogP) is 5.51. The first-order valence-electron chi connectivity index (χ1n) is 14.0. The second kappa shape index (κ2) is 6.52. The molecule has 190 valence electrons. The summed E-state index contributed by atoms with van der Waals surface area (Å²) in [6, 6.07) is 0. The summed E-state index contributed by atoms with van der Waals surface area (Å²) in [6.07, 6.45) is 10.3. The monoisotopic (exact) mass is 470 g/mol. The minimum atomic E-state index is -0.629. The van der Waals surface area contributed by atoms with Gasteiger partial charge in [-0.15, -0.1) is 0 Å². The van der Waals surface area contributed by atoms with Crippen molar-refractivity contribution in [3.63, 3.8) is 0 Å². The molecule has 4 heteroatoms. The van der Waals surface area contributed by atoms with Gasteiger partial charge in [-0.2, -0.15) is 0 Å². The summed E-state index contributed by atoms with van der Waals surface area (Å²) in [7, 11) is 0. The summed E-state index contributed by atoms with van der Waals surface area (Å²) < 4.78 is 6.65. The van der Waals surface area contributed by atoms with Crippen molar-refractivity contribution in [2.24, 2.45) is 56.7 Å². The van der Waals surface area contributed by atoms with Gasteiger partial charge in [0, 0.05) is 16.7 Å². The Morgan fingerprint density at radius 1 is 0.941 bits per heavy atom. The van der Waals surface area contributed by atoms with Crippen LogP contribution >= 0.6 is 0 Å². The molecule has 5 fully saturated rings. The summed E-state index contributed by atoms with van der Waals surface area (Å²) in [5.41, 5.74) is -1.91. The molecule has 1 heterocycles. The molecular formula is C30H46O4.